The molecule has 0 bridgehead atoms. The Bertz CT molecular complexity index is 1370. The topological polar surface area (TPSA) is 76.2 Å². The Morgan fingerprint density at radius 1 is 0.943 bits per heavy atom. The maximum absolute atomic E-state index is 5.63. The molecule has 1 aliphatic heterocycles. The number of fused-ring (bicyclic) bond motifs is 1. The Hall–Kier alpha value is -4.07. The second-order valence-corrected chi connectivity index (χ2v) is 8.55. The number of imidazole rings is 1. The summed E-state index contributed by atoms with van der Waals surface area (Å²) >= 11 is 0. The van der Waals surface area contributed by atoms with Gasteiger partial charge in [0.2, 0.25) is 0 Å². The summed E-state index contributed by atoms with van der Waals surface area (Å²) in [4.78, 5) is 9.19. The van der Waals surface area contributed by atoms with E-state index in [0.29, 0.717) is 5.82 Å². The van der Waals surface area contributed by atoms with Crippen LogP contribution in [0.3, 0.4) is 0 Å². The van der Waals surface area contributed by atoms with E-state index in [1.165, 1.54) is 0 Å². The lowest BCUT2D eigenvalue weighted by Crippen LogP contribution is -2.18. The van der Waals surface area contributed by atoms with Gasteiger partial charge in [0.1, 0.15) is 11.6 Å². The molecule has 0 N–H and O–H groups in total. The fraction of sp³-hybridized carbons (Fsp3) is 0.296. The first-order valence-electron chi connectivity index (χ1n) is 11.6. The molecular weight excluding hydrogens is 442 g/mol. The third-order valence-electron chi connectivity index (χ3n) is 6.32. The average molecular weight is 472 g/mol. The molecule has 8 heteroatoms. The van der Waals surface area contributed by atoms with E-state index in [4.69, 9.17) is 24.3 Å². The Morgan fingerprint density at radius 2 is 1.77 bits per heavy atom. The summed E-state index contributed by atoms with van der Waals surface area (Å²) in [5.74, 6) is 4.06. The number of ether oxygens (including phenoxy) is 3. The lowest BCUT2D eigenvalue weighted by Gasteiger charge is -2.23. The van der Waals surface area contributed by atoms with Crippen molar-refractivity contribution in [2.45, 2.75) is 32.2 Å². The van der Waals surface area contributed by atoms with Gasteiger partial charge in [-0.3, -0.25) is 0 Å². The molecule has 0 saturated heterocycles. The number of rotatable bonds is 7. The van der Waals surface area contributed by atoms with Crippen LogP contribution in [-0.4, -0.2) is 45.6 Å². The summed E-state index contributed by atoms with van der Waals surface area (Å²) in [7, 11) is 4.98. The summed E-state index contributed by atoms with van der Waals surface area (Å²) in [5, 5.41) is 4.75. The molecule has 35 heavy (non-hydrogen) atoms. The van der Waals surface area contributed by atoms with Crippen LogP contribution in [0.2, 0.25) is 0 Å². The van der Waals surface area contributed by atoms with E-state index >= 15 is 0 Å². The van der Waals surface area contributed by atoms with Crippen LogP contribution in [-0.2, 0) is 6.54 Å². The van der Waals surface area contributed by atoms with E-state index in [0.717, 1.165) is 65.0 Å². The fourth-order valence-electron chi connectivity index (χ4n) is 4.56. The number of aryl methyl sites for hydroxylation is 2. The summed E-state index contributed by atoms with van der Waals surface area (Å²) in [6.45, 7) is 2.83. The number of hydrogen-bond donors (Lipinski definition) is 0. The molecule has 0 saturated carbocycles. The molecule has 0 spiro atoms. The van der Waals surface area contributed by atoms with Crippen LogP contribution in [0.15, 0.2) is 48.9 Å². The molecule has 0 radical (unpaired) electrons. The molecular formula is C27H29N5O3. The summed E-state index contributed by atoms with van der Waals surface area (Å²) in [5.41, 5.74) is 4.06. The van der Waals surface area contributed by atoms with Crippen molar-refractivity contribution in [3.63, 3.8) is 0 Å². The molecule has 180 valence electrons. The second-order valence-electron chi connectivity index (χ2n) is 8.55. The van der Waals surface area contributed by atoms with Gasteiger partial charge in [-0.1, -0.05) is 18.2 Å². The molecule has 2 aromatic heterocycles. The average Bonchev–Trinajstić information content (AvgIpc) is 3.52. The number of hydrogen-bond acceptors (Lipinski definition) is 6. The highest BCUT2D eigenvalue weighted by atomic mass is 16.5. The number of aromatic nitrogens is 5. The molecule has 5 rings (SSSR count). The van der Waals surface area contributed by atoms with E-state index in [1.54, 1.807) is 27.7 Å². The van der Waals surface area contributed by atoms with Crippen LogP contribution >= 0.6 is 0 Å². The molecule has 2 aromatic carbocycles. The third-order valence-corrected chi connectivity index (χ3v) is 6.32. The first-order chi connectivity index (χ1) is 17.1. The van der Waals surface area contributed by atoms with Crippen molar-refractivity contribution in [1.82, 2.24) is 24.3 Å². The number of nitrogens with zero attached hydrogens (tertiary/aromatic N) is 5. The largest absolute Gasteiger partial charge is 0.495 e. The van der Waals surface area contributed by atoms with Crippen molar-refractivity contribution in [2.75, 3.05) is 21.3 Å². The molecule has 1 aliphatic rings. The minimum Gasteiger partial charge on any atom is -0.495 e. The van der Waals surface area contributed by atoms with Crippen molar-refractivity contribution in [2.24, 2.45) is 0 Å². The highest BCUT2D eigenvalue weighted by Gasteiger charge is 2.26. The zero-order chi connectivity index (χ0) is 24.4. The van der Waals surface area contributed by atoms with Gasteiger partial charge in [0.05, 0.1) is 39.0 Å². The Balaban J connectivity index is 1.40. The van der Waals surface area contributed by atoms with Gasteiger partial charge in [0, 0.05) is 18.7 Å². The van der Waals surface area contributed by atoms with E-state index in [-0.39, 0.29) is 5.92 Å². The fourth-order valence-corrected chi connectivity index (χ4v) is 4.56. The van der Waals surface area contributed by atoms with Crippen LogP contribution < -0.4 is 14.2 Å². The summed E-state index contributed by atoms with van der Waals surface area (Å²) < 4.78 is 20.5. The van der Waals surface area contributed by atoms with Crippen molar-refractivity contribution >= 4 is 12.2 Å². The smallest absolute Gasteiger partial charge is 0.174 e. The van der Waals surface area contributed by atoms with E-state index < -0.39 is 0 Å². The van der Waals surface area contributed by atoms with Crippen LogP contribution in [0.25, 0.3) is 17.8 Å². The zero-order valence-corrected chi connectivity index (χ0v) is 20.4. The Morgan fingerprint density at radius 3 is 2.51 bits per heavy atom. The minimum atomic E-state index is 0.163. The molecule has 8 nitrogen and oxygen atoms in total. The molecule has 0 unspecified atom stereocenters. The lowest BCUT2D eigenvalue weighted by molar-refractivity contribution is 0.353. The van der Waals surface area contributed by atoms with Gasteiger partial charge in [-0.05, 0) is 61.2 Å². The van der Waals surface area contributed by atoms with Gasteiger partial charge in [-0.15, -0.1) is 0 Å². The molecule has 0 aliphatic carbocycles. The predicted molar refractivity (Wildman–Crippen MR) is 134 cm³/mol. The highest BCUT2D eigenvalue weighted by molar-refractivity contribution is 5.69. The van der Waals surface area contributed by atoms with Crippen molar-refractivity contribution in [3.8, 4) is 22.9 Å². The zero-order valence-electron chi connectivity index (χ0n) is 20.4. The van der Waals surface area contributed by atoms with Crippen LogP contribution in [0.5, 0.6) is 17.2 Å². The van der Waals surface area contributed by atoms with Crippen molar-refractivity contribution < 1.29 is 14.2 Å². The predicted octanol–water partition coefficient (Wildman–Crippen LogP) is 4.89. The summed E-state index contributed by atoms with van der Waals surface area (Å²) in [6.07, 6.45) is 9.79. The second kappa shape index (κ2) is 9.66. The van der Waals surface area contributed by atoms with Crippen LogP contribution in [0, 0.1) is 6.92 Å². The first-order valence-corrected chi connectivity index (χ1v) is 11.6. The molecule has 4 aromatic rings. The van der Waals surface area contributed by atoms with E-state index in [9.17, 15) is 0 Å². The van der Waals surface area contributed by atoms with E-state index in [1.807, 2.05) is 64.9 Å². The van der Waals surface area contributed by atoms with Gasteiger partial charge >= 0.3 is 0 Å². The highest BCUT2D eigenvalue weighted by Crippen LogP contribution is 2.37. The Labute approximate surface area is 204 Å². The van der Waals surface area contributed by atoms with Gasteiger partial charge < -0.3 is 18.8 Å². The monoisotopic (exact) mass is 471 g/mol. The first kappa shape index (κ1) is 22.7. The van der Waals surface area contributed by atoms with Gasteiger partial charge in [-0.2, -0.15) is 5.10 Å². The maximum atomic E-state index is 5.63. The Kier molecular flexibility index (Phi) is 6.27. The lowest BCUT2D eigenvalue weighted by atomic mass is 9.91. The molecule has 0 amide bonds. The van der Waals surface area contributed by atoms with Crippen molar-refractivity contribution in [3.05, 3.63) is 77.4 Å². The number of methoxy groups -OCH3 is 3. The van der Waals surface area contributed by atoms with Crippen LogP contribution in [0.1, 0.15) is 47.2 Å². The van der Waals surface area contributed by atoms with Gasteiger partial charge in [-0.25, -0.2) is 14.6 Å². The van der Waals surface area contributed by atoms with Crippen molar-refractivity contribution in [1.29, 1.82) is 0 Å². The van der Waals surface area contributed by atoms with Gasteiger partial charge in [0.15, 0.2) is 17.3 Å². The van der Waals surface area contributed by atoms with Crippen LogP contribution in [0.4, 0.5) is 0 Å². The molecule has 1 atom stereocenters. The molecule has 3 heterocycles. The number of benzene rings is 2. The normalized spacial score (nSPS) is 15.3. The maximum Gasteiger partial charge on any atom is 0.174 e. The third kappa shape index (κ3) is 4.51. The standard InChI is InChI=1S/C27H29N5O3/c1-18-16-31(17-28-18)22-10-7-19(14-24(22)34-3)8-12-26-29-27-21(6-5-13-32(27)30-26)20-9-11-23(33-2)25(15-20)35-4/h7-12,14-17,21H,5-6,13H2,1-4H3/b12-8+/t21-/m1/s1. The quantitative estimate of drug-likeness (QED) is 0.382. The summed E-state index contributed by atoms with van der Waals surface area (Å²) in [6, 6.07) is 12.2. The van der Waals surface area contributed by atoms with Gasteiger partial charge in [0.25, 0.3) is 0 Å². The van der Waals surface area contributed by atoms with E-state index in [2.05, 4.69) is 11.1 Å². The molecule has 0 fully saturated rings. The minimum absolute atomic E-state index is 0.163. The SMILES string of the molecule is COc1ccc([C@H]2CCCn3nc(/C=C/c4ccc(-n5cnc(C)c5)c(OC)c4)nc32)cc1OC.